The fourth-order valence-electron chi connectivity index (χ4n) is 2.49. The van der Waals surface area contributed by atoms with E-state index in [0.717, 1.165) is 15.2 Å². The summed E-state index contributed by atoms with van der Waals surface area (Å²) >= 11 is 1.64. The van der Waals surface area contributed by atoms with Gasteiger partial charge in [0.15, 0.2) is 0 Å². The van der Waals surface area contributed by atoms with Gasteiger partial charge in [-0.05, 0) is 32.9 Å². The fraction of sp³-hybridized carbons (Fsp3) is 0.556. The molecule has 0 saturated heterocycles. The molecule has 0 spiro atoms. The van der Waals surface area contributed by atoms with E-state index in [2.05, 4.69) is 10.3 Å². The van der Waals surface area contributed by atoms with Crippen LogP contribution >= 0.6 is 11.3 Å². The lowest BCUT2D eigenvalue weighted by Gasteiger charge is -2.34. The largest absolute Gasteiger partial charge is 0.355 e. The van der Waals surface area contributed by atoms with Crippen LogP contribution in [0.4, 0.5) is 0 Å². The van der Waals surface area contributed by atoms with Gasteiger partial charge in [-0.3, -0.25) is 9.69 Å². The molecule has 0 aliphatic rings. The molecule has 2 aromatic rings. The highest BCUT2D eigenvalue weighted by molar-refractivity contribution is 7.90. The number of thiazole rings is 1. The van der Waals surface area contributed by atoms with E-state index in [1.807, 2.05) is 49.9 Å². The highest BCUT2D eigenvalue weighted by atomic mass is 32.2. The van der Waals surface area contributed by atoms with Crippen LogP contribution in [0.1, 0.15) is 25.8 Å². The Balaban J connectivity index is 1.85. The number of fused-ring (bicyclic) bond motifs is 1. The lowest BCUT2D eigenvalue weighted by Crippen LogP contribution is -2.49. The van der Waals surface area contributed by atoms with E-state index in [0.29, 0.717) is 19.5 Å². The number of rotatable bonds is 8. The number of benzene rings is 1. The van der Waals surface area contributed by atoms with Gasteiger partial charge in [0, 0.05) is 31.3 Å². The second kappa shape index (κ2) is 8.45. The zero-order chi connectivity index (χ0) is 19.4. The SMILES string of the molecule is CC(C)(C)N(CCS(C)(=O)=O)CC(=O)NCCc1nc2ccccc2s1. The van der Waals surface area contributed by atoms with Gasteiger partial charge in [0.1, 0.15) is 9.84 Å². The molecule has 0 atom stereocenters. The number of para-hydroxylation sites is 1. The van der Waals surface area contributed by atoms with E-state index in [4.69, 9.17) is 0 Å². The number of carbonyl (C=O) groups excluding carboxylic acids is 1. The van der Waals surface area contributed by atoms with Crippen LogP contribution in [0.15, 0.2) is 24.3 Å². The number of nitrogens with one attached hydrogen (secondary N) is 1. The van der Waals surface area contributed by atoms with Crippen LogP contribution in [-0.4, -0.2) is 61.4 Å². The molecule has 1 aromatic carbocycles. The minimum absolute atomic E-state index is 0.0449. The average Bonchev–Trinajstić information content (AvgIpc) is 2.92. The summed E-state index contributed by atoms with van der Waals surface area (Å²) in [6.45, 7) is 6.96. The van der Waals surface area contributed by atoms with Gasteiger partial charge in [0.25, 0.3) is 0 Å². The molecule has 0 aliphatic heterocycles. The Labute approximate surface area is 159 Å². The predicted octanol–water partition coefficient (Wildman–Crippen LogP) is 2.10. The van der Waals surface area contributed by atoms with Gasteiger partial charge in [-0.1, -0.05) is 12.1 Å². The standard InChI is InChI=1S/C18H27N3O3S2/c1-18(2,3)21(11-12-26(4,23)24)13-16(22)19-10-9-17-20-14-7-5-6-8-15(14)25-17/h5-8H,9-13H2,1-4H3,(H,19,22). The summed E-state index contributed by atoms with van der Waals surface area (Å²) in [4.78, 5) is 18.7. The maximum Gasteiger partial charge on any atom is 0.234 e. The summed E-state index contributed by atoms with van der Waals surface area (Å²) in [7, 11) is -3.06. The molecule has 1 heterocycles. The summed E-state index contributed by atoms with van der Waals surface area (Å²) in [6.07, 6.45) is 1.90. The van der Waals surface area contributed by atoms with E-state index >= 15 is 0 Å². The minimum atomic E-state index is -3.06. The second-order valence-corrected chi connectivity index (χ2v) is 10.8. The molecule has 0 aliphatic carbocycles. The fourth-order valence-corrected chi connectivity index (χ4v) is 4.01. The van der Waals surface area contributed by atoms with E-state index in [-0.39, 0.29) is 23.7 Å². The first-order valence-corrected chi connectivity index (χ1v) is 11.5. The van der Waals surface area contributed by atoms with Gasteiger partial charge in [0.05, 0.1) is 27.5 Å². The van der Waals surface area contributed by atoms with Crippen LogP contribution in [0.3, 0.4) is 0 Å². The van der Waals surface area contributed by atoms with E-state index in [1.165, 1.54) is 6.26 Å². The predicted molar refractivity (Wildman–Crippen MR) is 107 cm³/mol. The van der Waals surface area contributed by atoms with Gasteiger partial charge < -0.3 is 5.32 Å². The van der Waals surface area contributed by atoms with E-state index in [9.17, 15) is 13.2 Å². The van der Waals surface area contributed by atoms with Gasteiger partial charge in [-0.2, -0.15) is 0 Å². The van der Waals surface area contributed by atoms with Crippen LogP contribution < -0.4 is 5.32 Å². The molecular formula is C18H27N3O3S2. The molecule has 1 amide bonds. The first-order chi connectivity index (χ1) is 12.0. The summed E-state index contributed by atoms with van der Waals surface area (Å²) < 4.78 is 24.0. The number of hydrogen-bond acceptors (Lipinski definition) is 6. The third-order valence-corrected chi connectivity index (χ3v) is 6.03. The van der Waals surface area contributed by atoms with Crippen molar-refractivity contribution in [1.29, 1.82) is 0 Å². The van der Waals surface area contributed by atoms with Crippen molar-refractivity contribution in [3.8, 4) is 0 Å². The quantitative estimate of drug-likeness (QED) is 0.738. The molecule has 0 radical (unpaired) electrons. The second-order valence-electron chi connectivity index (χ2n) is 7.40. The zero-order valence-corrected chi connectivity index (χ0v) is 17.4. The maximum absolute atomic E-state index is 12.3. The molecule has 8 heteroatoms. The number of amides is 1. The lowest BCUT2D eigenvalue weighted by atomic mass is 10.1. The van der Waals surface area contributed by atoms with Crippen molar-refractivity contribution in [2.45, 2.75) is 32.7 Å². The lowest BCUT2D eigenvalue weighted by molar-refractivity contribution is -0.123. The van der Waals surface area contributed by atoms with Crippen LogP contribution in [-0.2, 0) is 21.1 Å². The Bertz CT molecular complexity index is 821. The Morgan fingerprint density at radius 2 is 1.96 bits per heavy atom. The van der Waals surface area contributed by atoms with Crippen molar-refractivity contribution in [1.82, 2.24) is 15.2 Å². The molecule has 0 saturated carbocycles. The zero-order valence-electron chi connectivity index (χ0n) is 15.8. The number of nitrogens with zero attached hydrogens (tertiary/aromatic N) is 2. The summed E-state index contributed by atoms with van der Waals surface area (Å²) in [5.41, 5.74) is 0.702. The Morgan fingerprint density at radius 1 is 1.27 bits per heavy atom. The first kappa shape index (κ1) is 20.8. The van der Waals surface area contributed by atoms with Gasteiger partial charge in [-0.15, -0.1) is 11.3 Å². The molecule has 0 fully saturated rings. The molecule has 0 bridgehead atoms. The summed E-state index contributed by atoms with van der Waals surface area (Å²) in [5, 5.41) is 3.91. The summed E-state index contributed by atoms with van der Waals surface area (Å²) in [5.74, 6) is -0.0574. The third kappa shape index (κ3) is 6.66. The van der Waals surface area contributed by atoms with E-state index in [1.54, 1.807) is 11.3 Å². The normalized spacial score (nSPS) is 12.7. The van der Waals surface area contributed by atoms with Crippen molar-refractivity contribution >= 4 is 37.3 Å². The number of sulfone groups is 1. The van der Waals surface area contributed by atoms with Crippen molar-refractivity contribution in [2.75, 3.05) is 31.6 Å². The first-order valence-electron chi connectivity index (χ1n) is 8.58. The van der Waals surface area contributed by atoms with Crippen molar-refractivity contribution < 1.29 is 13.2 Å². The van der Waals surface area contributed by atoms with E-state index < -0.39 is 9.84 Å². The molecule has 0 unspecified atom stereocenters. The number of hydrogen-bond donors (Lipinski definition) is 1. The molecule has 2 rings (SSSR count). The van der Waals surface area contributed by atoms with Crippen LogP contribution in [0, 0.1) is 0 Å². The molecule has 144 valence electrons. The molecule has 1 N–H and O–H groups in total. The van der Waals surface area contributed by atoms with Crippen LogP contribution in [0.5, 0.6) is 0 Å². The number of aromatic nitrogens is 1. The van der Waals surface area contributed by atoms with Crippen LogP contribution in [0.2, 0.25) is 0 Å². The topological polar surface area (TPSA) is 79.4 Å². The summed E-state index contributed by atoms with van der Waals surface area (Å²) in [6, 6.07) is 7.98. The molecule has 1 aromatic heterocycles. The molecule has 26 heavy (non-hydrogen) atoms. The molecule has 6 nitrogen and oxygen atoms in total. The van der Waals surface area contributed by atoms with Crippen molar-refractivity contribution in [3.05, 3.63) is 29.3 Å². The molecular weight excluding hydrogens is 370 g/mol. The van der Waals surface area contributed by atoms with Gasteiger partial charge >= 0.3 is 0 Å². The smallest absolute Gasteiger partial charge is 0.234 e. The Hall–Kier alpha value is -1.51. The Kier molecular flexibility index (Phi) is 6.76. The van der Waals surface area contributed by atoms with Gasteiger partial charge in [0.2, 0.25) is 5.91 Å². The monoisotopic (exact) mass is 397 g/mol. The van der Waals surface area contributed by atoms with Crippen molar-refractivity contribution in [3.63, 3.8) is 0 Å². The van der Waals surface area contributed by atoms with Gasteiger partial charge in [-0.25, -0.2) is 13.4 Å². The average molecular weight is 398 g/mol. The number of carbonyl (C=O) groups is 1. The minimum Gasteiger partial charge on any atom is -0.355 e. The van der Waals surface area contributed by atoms with Crippen molar-refractivity contribution in [2.24, 2.45) is 0 Å². The Morgan fingerprint density at radius 3 is 2.58 bits per heavy atom. The highest BCUT2D eigenvalue weighted by Gasteiger charge is 2.24. The highest BCUT2D eigenvalue weighted by Crippen LogP contribution is 2.21. The third-order valence-electron chi connectivity index (χ3n) is 4.01. The maximum atomic E-state index is 12.3. The van der Waals surface area contributed by atoms with Crippen LogP contribution in [0.25, 0.3) is 10.2 Å².